The molecule has 192 valence electrons. The fourth-order valence-corrected chi connectivity index (χ4v) is 4.07. The Balaban J connectivity index is 0.000000340. The largest absolute Gasteiger partial charge is 0.507 e. The van der Waals surface area contributed by atoms with E-state index in [9.17, 15) is 10.2 Å². The lowest BCUT2D eigenvalue weighted by atomic mass is 9.78. The number of aromatic hydroxyl groups is 2. The van der Waals surface area contributed by atoms with E-state index < -0.39 is 0 Å². The molecule has 0 unspecified atom stereocenters. The summed E-state index contributed by atoms with van der Waals surface area (Å²) in [7, 11) is 0. The topological polar surface area (TPSA) is 40.5 Å². The zero-order valence-electron chi connectivity index (χ0n) is 24.6. The predicted molar refractivity (Wildman–Crippen MR) is 150 cm³/mol. The molecule has 0 saturated heterocycles. The molecule has 2 heteroatoms. The fraction of sp³-hybridized carbons (Fsp3) is 0.625. The first-order chi connectivity index (χ1) is 15.2. The molecule has 2 rings (SSSR count). The van der Waals surface area contributed by atoms with Gasteiger partial charge in [-0.15, -0.1) is 0 Å². The van der Waals surface area contributed by atoms with Gasteiger partial charge in [-0.3, -0.25) is 0 Å². The summed E-state index contributed by atoms with van der Waals surface area (Å²) in [4.78, 5) is 0. The maximum atomic E-state index is 10.5. The lowest BCUT2D eigenvalue weighted by Crippen LogP contribution is -2.17. The van der Waals surface area contributed by atoms with Crippen molar-refractivity contribution in [3.8, 4) is 11.5 Å². The summed E-state index contributed by atoms with van der Waals surface area (Å²) in [5.41, 5.74) is 6.81. The molecule has 0 saturated carbocycles. The molecule has 0 aliphatic heterocycles. The number of hydrogen-bond donors (Lipinski definition) is 2. The first-order valence-electron chi connectivity index (χ1n) is 13.0. The quantitative estimate of drug-likeness (QED) is 0.471. The Morgan fingerprint density at radius 1 is 0.588 bits per heavy atom. The lowest BCUT2D eigenvalue weighted by Gasteiger charge is -2.28. The van der Waals surface area contributed by atoms with Crippen LogP contribution in [0.1, 0.15) is 142 Å². The second kappa shape index (κ2) is 10.8. The molecule has 0 aliphatic carbocycles. The molecular formula is C32H52O2. The van der Waals surface area contributed by atoms with Gasteiger partial charge < -0.3 is 10.2 Å². The summed E-state index contributed by atoms with van der Waals surface area (Å²) >= 11 is 0. The molecule has 0 amide bonds. The molecule has 2 N–H and O–H groups in total. The number of aryl methyl sites for hydroxylation is 1. The average molecular weight is 469 g/mol. The fourth-order valence-electron chi connectivity index (χ4n) is 4.07. The molecular weight excluding hydrogens is 416 g/mol. The van der Waals surface area contributed by atoms with Gasteiger partial charge in [-0.1, -0.05) is 121 Å². The maximum Gasteiger partial charge on any atom is 0.123 e. The van der Waals surface area contributed by atoms with Crippen molar-refractivity contribution in [1.82, 2.24) is 0 Å². The van der Waals surface area contributed by atoms with Crippen LogP contribution in [0.2, 0.25) is 0 Å². The summed E-state index contributed by atoms with van der Waals surface area (Å²) in [6.07, 6.45) is 1.01. The normalized spacial score (nSPS) is 12.7. The number of phenolic OH excluding ortho intramolecular Hbond substituents is 2. The highest BCUT2D eigenvalue weighted by molar-refractivity contribution is 5.50. The monoisotopic (exact) mass is 468 g/mol. The number of benzene rings is 2. The van der Waals surface area contributed by atoms with Crippen LogP contribution in [0.4, 0.5) is 0 Å². The van der Waals surface area contributed by atoms with Crippen molar-refractivity contribution in [3.05, 3.63) is 57.6 Å². The van der Waals surface area contributed by atoms with E-state index in [1.807, 2.05) is 0 Å². The standard InChI is InChI=1S/2C16H26O/c1-10(2)12-8-13(11(3)4)15(17)14(9-12)16(5,6)7;1-8-11-9-12(15(2,3)4)14(17)13(10-11)16(5,6)7/h8-11,17H,1-7H3;9-10,17H,8H2,1-7H3. The average Bonchev–Trinajstić information content (AvgIpc) is 2.65. The number of rotatable bonds is 3. The van der Waals surface area contributed by atoms with Crippen LogP contribution >= 0.6 is 0 Å². The van der Waals surface area contributed by atoms with Crippen LogP contribution in [0.5, 0.6) is 11.5 Å². The third-order valence-corrected chi connectivity index (χ3v) is 6.45. The van der Waals surface area contributed by atoms with Gasteiger partial charge in [0.25, 0.3) is 0 Å². The Morgan fingerprint density at radius 3 is 1.26 bits per heavy atom. The summed E-state index contributed by atoms with van der Waals surface area (Å²) in [6, 6.07) is 8.60. The van der Waals surface area contributed by atoms with Gasteiger partial charge in [0.2, 0.25) is 0 Å². The zero-order valence-corrected chi connectivity index (χ0v) is 24.6. The molecule has 2 aromatic rings. The SMILES string of the molecule is CC(C)c1cc(C(C)C)c(O)c(C(C)(C)C)c1.CCc1cc(C(C)(C)C)c(O)c(C(C)(C)C)c1. The van der Waals surface area contributed by atoms with Crippen molar-refractivity contribution in [1.29, 1.82) is 0 Å². The molecule has 0 spiro atoms. The van der Waals surface area contributed by atoms with E-state index in [0.29, 0.717) is 23.3 Å². The minimum Gasteiger partial charge on any atom is -0.507 e. The Hall–Kier alpha value is -1.96. The highest BCUT2D eigenvalue weighted by atomic mass is 16.3. The highest BCUT2D eigenvalue weighted by Crippen LogP contribution is 2.40. The smallest absolute Gasteiger partial charge is 0.123 e. The first kappa shape index (κ1) is 30.1. The minimum absolute atomic E-state index is 0.0153. The van der Waals surface area contributed by atoms with Crippen molar-refractivity contribution in [3.63, 3.8) is 0 Å². The van der Waals surface area contributed by atoms with Crippen molar-refractivity contribution in [2.75, 3.05) is 0 Å². The Kier molecular flexibility index (Phi) is 9.51. The van der Waals surface area contributed by atoms with Gasteiger partial charge in [0.05, 0.1) is 0 Å². The van der Waals surface area contributed by atoms with Crippen LogP contribution in [-0.2, 0) is 22.7 Å². The van der Waals surface area contributed by atoms with Gasteiger partial charge in [-0.05, 0) is 67.9 Å². The Bertz CT molecular complexity index is 907. The number of hydrogen-bond acceptors (Lipinski definition) is 2. The second-order valence-corrected chi connectivity index (χ2v) is 13.5. The second-order valence-electron chi connectivity index (χ2n) is 13.5. The van der Waals surface area contributed by atoms with E-state index in [1.165, 1.54) is 11.1 Å². The summed E-state index contributed by atoms with van der Waals surface area (Å²) in [5, 5.41) is 20.9. The van der Waals surface area contributed by atoms with Crippen LogP contribution in [0.15, 0.2) is 24.3 Å². The Labute approximate surface area is 210 Å². The van der Waals surface area contributed by atoms with Crippen LogP contribution in [-0.4, -0.2) is 10.2 Å². The van der Waals surface area contributed by atoms with E-state index in [2.05, 4.69) is 121 Å². The molecule has 0 aromatic heterocycles. The third-order valence-electron chi connectivity index (χ3n) is 6.45. The molecule has 0 aliphatic rings. The summed E-state index contributed by atoms with van der Waals surface area (Å²) in [6.45, 7) is 30.1. The van der Waals surface area contributed by atoms with Gasteiger partial charge in [0.15, 0.2) is 0 Å². The molecule has 0 atom stereocenters. The molecule has 0 bridgehead atoms. The van der Waals surface area contributed by atoms with Gasteiger partial charge in [0.1, 0.15) is 11.5 Å². The molecule has 0 radical (unpaired) electrons. The minimum atomic E-state index is -0.0186. The van der Waals surface area contributed by atoms with E-state index in [0.717, 1.165) is 28.7 Å². The summed E-state index contributed by atoms with van der Waals surface area (Å²) < 4.78 is 0. The van der Waals surface area contributed by atoms with Crippen molar-refractivity contribution < 1.29 is 10.2 Å². The van der Waals surface area contributed by atoms with Gasteiger partial charge in [0, 0.05) is 0 Å². The van der Waals surface area contributed by atoms with E-state index >= 15 is 0 Å². The van der Waals surface area contributed by atoms with E-state index in [4.69, 9.17) is 0 Å². The van der Waals surface area contributed by atoms with Gasteiger partial charge in [-0.2, -0.15) is 0 Å². The van der Waals surface area contributed by atoms with E-state index in [1.54, 1.807) is 0 Å². The van der Waals surface area contributed by atoms with Crippen molar-refractivity contribution in [2.24, 2.45) is 0 Å². The highest BCUT2D eigenvalue weighted by Gasteiger charge is 2.26. The first-order valence-corrected chi connectivity index (χ1v) is 13.0. The molecule has 0 fully saturated rings. The molecule has 34 heavy (non-hydrogen) atoms. The third kappa shape index (κ3) is 7.52. The molecule has 2 nitrogen and oxygen atoms in total. The zero-order chi connectivity index (χ0) is 26.8. The molecule has 2 aromatic carbocycles. The van der Waals surface area contributed by atoms with Crippen molar-refractivity contribution in [2.45, 2.75) is 131 Å². The Morgan fingerprint density at radius 2 is 0.971 bits per heavy atom. The lowest BCUT2D eigenvalue weighted by molar-refractivity contribution is 0.422. The number of phenols is 2. The molecule has 0 heterocycles. The van der Waals surface area contributed by atoms with E-state index in [-0.39, 0.29) is 16.2 Å². The van der Waals surface area contributed by atoms with Crippen LogP contribution in [0.3, 0.4) is 0 Å². The maximum absolute atomic E-state index is 10.5. The van der Waals surface area contributed by atoms with Crippen LogP contribution in [0.25, 0.3) is 0 Å². The van der Waals surface area contributed by atoms with Crippen LogP contribution in [0, 0.1) is 0 Å². The van der Waals surface area contributed by atoms with Crippen molar-refractivity contribution >= 4 is 0 Å². The predicted octanol–water partition coefficient (Wildman–Crippen LogP) is 9.49. The van der Waals surface area contributed by atoms with Crippen LogP contribution < -0.4 is 0 Å². The van der Waals surface area contributed by atoms with Gasteiger partial charge in [-0.25, -0.2) is 0 Å². The van der Waals surface area contributed by atoms with Gasteiger partial charge >= 0.3 is 0 Å². The summed E-state index contributed by atoms with van der Waals surface area (Å²) in [5.74, 6) is 1.81.